The van der Waals surface area contributed by atoms with Gasteiger partial charge in [0.1, 0.15) is 12.1 Å². The number of aryl methyl sites for hydroxylation is 1. The fourth-order valence-corrected chi connectivity index (χ4v) is 3.47. The Hall–Kier alpha value is -1.12. The summed E-state index contributed by atoms with van der Waals surface area (Å²) in [5.41, 5.74) is 2.68. The fraction of sp³-hybridized carbons (Fsp3) is 0.750. The summed E-state index contributed by atoms with van der Waals surface area (Å²) in [5.74, 6) is 2.02. The number of nitrogens with one attached hydrogen (secondary N) is 1. The molecule has 3 nitrogen and oxygen atoms in total. The smallest absolute Gasteiger partial charge is 0.133 e. The molecule has 0 spiro atoms. The van der Waals surface area contributed by atoms with E-state index in [1.165, 1.54) is 56.2 Å². The maximum Gasteiger partial charge on any atom is 0.133 e. The molecular weight excluding hydrogens is 234 g/mol. The van der Waals surface area contributed by atoms with E-state index in [1.54, 1.807) is 6.33 Å². The molecule has 0 bridgehead atoms. The molecule has 3 heteroatoms. The van der Waals surface area contributed by atoms with Crippen LogP contribution in [0.2, 0.25) is 0 Å². The van der Waals surface area contributed by atoms with E-state index in [0.717, 1.165) is 24.6 Å². The molecule has 2 aliphatic carbocycles. The summed E-state index contributed by atoms with van der Waals surface area (Å²) in [6.45, 7) is 2.38. The zero-order valence-corrected chi connectivity index (χ0v) is 12.0. The first-order valence-corrected chi connectivity index (χ1v) is 7.92. The normalized spacial score (nSPS) is 27.4. The van der Waals surface area contributed by atoms with Crippen LogP contribution >= 0.6 is 0 Å². The fourth-order valence-electron chi connectivity index (χ4n) is 3.47. The van der Waals surface area contributed by atoms with Gasteiger partial charge in [-0.25, -0.2) is 9.97 Å². The number of fused-ring (bicyclic) bond motifs is 1. The number of nitrogens with zero attached hydrogens (tertiary/aromatic N) is 2. The zero-order chi connectivity index (χ0) is 13.1. The van der Waals surface area contributed by atoms with Gasteiger partial charge < -0.3 is 5.32 Å². The van der Waals surface area contributed by atoms with Crippen LogP contribution in [0.25, 0.3) is 0 Å². The monoisotopic (exact) mass is 259 g/mol. The third kappa shape index (κ3) is 3.07. The van der Waals surface area contributed by atoms with Gasteiger partial charge in [0.15, 0.2) is 0 Å². The van der Waals surface area contributed by atoms with E-state index >= 15 is 0 Å². The van der Waals surface area contributed by atoms with Crippen LogP contribution in [0.5, 0.6) is 0 Å². The second kappa shape index (κ2) is 5.89. The standard InChI is InChI=1S/C16H25N3/c1-12-5-4-6-13(10-9-12)19-16-14-7-2-3-8-15(14)17-11-18-16/h11-13H,2-10H2,1H3,(H,17,18,19). The van der Waals surface area contributed by atoms with Crippen molar-refractivity contribution in [2.75, 3.05) is 5.32 Å². The molecule has 2 aliphatic rings. The van der Waals surface area contributed by atoms with Crippen molar-refractivity contribution in [1.29, 1.82) is 0 Å². The molecule has 0 radical (unpaired) electrons. The summed E-state index contributed by atoms with van der Waals surface area (Å²) in [7, 11) is 0. The molecule has 3 rings (SSSR count). The Morgan fingerprint density at radius 2 is 1.89 bits per heavy atom. The van der Waals surface area contributed by atoms with Gasteiger partial charge in [0.2, 0.25) is 0 Å². The lowest BCUT2D eigenvalue weighted by Gasteiger charge is -2.22. The molecule has 2 atom stereocenters. The van der Waals surface area contributed by atoms with Gasteiger partial charge in [-0.05, 0) is 50.9 Å². The van der Waals surface area contributed by atoms with E-state index in [1.807, 2.05) is 0 Å². The van der Waals surface area contributed by atoms with Crippen molar-refractivity contribution < 1.29 is 0 Å². The minimum absolute atomic E-state index is 0.617. The van der Waals surface area contributed by atoms with E-state index in [9.17, 15) is 0 Å². The first-order chi connectivity index (χ1) is 9.33. The summed E-state index contributed by atoms with van der Waals surface area (Å²) in [5, 5.41) is 3.72. The Kier molecular flexibility index (Phi) is 4.00. The predicted octanol–water partition coefficient (Wildman–Crippen LogP) is 3.74. The Labute approximate surface area is 116 Å². The molecule has 0 aliphatic heterocycles. The first-order valence-electron chi connectivity index (χ1n) is 7.92. The van der Waals surface area contributed by atoms with Crippen LogP contribution in [0.1, 0.15) is 63.1 Å². The van der Waals surface area contributed by atoms with Crippen LogP contribution in [0.15, 0.2) is 6.33 Å². The van der Waals surface area contributed by atoms with Crippen LogP contribution in [0.4, 0.5) is 5.82 Å². The molecule has 1 saturated carbocycles. The van der Waals surface area contributed by atoms with Crippen molar-refractivity contribution in [2.45, 2.75) is 70.8 Å². The van der Waals surface area contributed by atoms with Gasteiger partial charge in [-0.2, -0.15) is 0 Å². The SMILES string of the molecule is CC1CCCC(Nc2ncnc3c2CCCC3)CC1. The van der Waals surface area contributed by atoms with Gasteiger partial charge in [0.05, 0.1) is 0 Å². The largest absolute Gasteiger partial charge is 0.367 e. The average molecular weight is 259 g/mol. The topological polar surface area (TPSA) is 37.8 Å². The van der Waals surface area contributed by atoms with Crippen molar-refractivity contribution in [3.63, 3.8) is 0 Å². The van der Waals surface area contributed by atoms with Gasteiger partial charge in [0, 0.05) is 17.3 Å². The molecular formula is C16H25N3. The van der Waals surface area contributed by atoms with E-state index in [0.29, 0.717) is 6.04 Å². The molecule has 1 aromatic heterocycles. The third-order valence-electron chi connectivity index (χ3n) is 4.72. The number of anilines is 1. The van der Waals surface area contributed by atoms with E-state index in [2.05, 4.69) is 22.2 Å². The van der Waals surface area contributed by atoms with Gasteiger partial charge in [0.25, 0.3) is 0 Å². The van der Waals surface area contributed by atoms with Crippen LogP contribution in [0, 0.1) is 5.92 Å². The summed E-state index contributed by atoms with van der Waals surface area (Å²) < 4.78 is 0. The molecule has 2 unspecified atom stereocenters. The van der Waals surface area contributed by atoms with Crippen molar-refractivity contribution >= 4 is 5.82 Å². The zero-order valence-electron chi connectivity index (χ0n) is 12.0. The minimum Gasteiger partial charge on any atom is -0.367 e. The summed E-state index contributed by atoms with van der Waals surface area (Å²) in [4.78, 5) is 8.97. The van der Waals surface area contributed by atoms with Crippen molar-refractivity contribution in [2.24, 2.45) is 5.92 Å². The molecule has 104 valence electrons. The van der Waals surface area contributed by atoms with Gasteiger partial charge in [-0.1, -0.05) is 19.8 Å². The Balaban J connectivity index is 1.72. The summed E-state index contributed by atoms with van der Waals surface area (Å²) >= 11 is 0. The maximum atomic E-state index is 4.51. The Bertz CT molecular complexity index is 430. The third-order valence-corrected chi connectivity index (χ3v) is 4.72. The molecule has 0 saturated heterocycles. The average Bonchev–Trinajstić information content (AvgIpc) is 2.64. The number of aromatic nitrogens is 2. The lowest BCUT2D eigenvalue weighted by atomic mass is 9.96. The highest BCUT2D eigenvalue weighted by atomic mass is 15.0. The van der Waals surface area contributed by atoms with Crippen molar-refractivity contribution in [3.8, 4) is 0 Å². The van der Waals surface area contributed by atoms with Crippen LogP contribution in [-0.2, 0) is 12.8 Å². The molecule has 0 aromatic carbocycles. The predicted molar refractivity (Wildman–Crippen MR) is 78.3 cm³/mol. The summed E-state index contributed by atoms with van der Waals surface area (Å²) in [6, 6.07) is 0.617. The molecule has 1 N–H and O–H groups in total. The van der Waals surface area contributed by atoms with Gasteiger partial charge in [-0.3, -0.25) is 0 Å². The van der Waals surface area contributed by atoms with E-state index < -0.39 is 0 Å². The Morgan fingerprint density at radius 1 is 1.00 bits per heavy atom. The molecule has 0 amide bonds. The summed E-state index contributed by atoms with van der Waals surface area (Å²) in [6.07, 6.45) is 13.3. The van der Waals surface area contributed by atoms with Crippen LogP contribution in [-0.4, -0.2) is 16.0 Å². The lowest BCUT2D eigenvalue weighted by molar-refractivity contribution is 0.501. The van der Waals surface area contributed by atoms with Gasteiger partial charge in [-0.15, -0.1) is 0 Å². The highest BCUT2D eigenvalue weighted by Crippen LogP contribution is 2.28. The molecule has 1 fully saturated rings. The van der Waals surface area contributed by atoms with Crippen molar-refractivity contribution in [3.05, 3.63) is 17.6 Å². The second-order valence-corrected chi connectivity index (χ2v) is 6.31. The van der Waals surface area contributed by atoms with Gasteiger partial charge >= 0.3 is 0 Å². The number of hydrogen-bond acceptors (Lipinski definition) is 3. The van der Waals surface area contributed by atoms with E-state index in [4.69, 9.17) is 0 Å². The highest BCUT2D eigenvalue weighted by molar-refractivity contribution is 5.47. The number of rotatable bonds is 2. The van der Waals surface area contributed by atoms with Crippen molar-refractivity contribution in [1.82, 2.24) is 9.97 Å². The van der Waals surface area contributed by atoms with E-state index in [-0.39, 0.29) is 0 Å². The maximum absolute atomic E-state index is 4.51. The number of hydrogen-bond donors (Lipinski definition) is 1. The molecule has 1 aromatic rings. The molecule has 19 heavy (non-hydrogen) atoms. The van der Waals surface area contributed by atoms with Crippen LogP contribution in [0.3, 0.4) is 0 Å². The Morgan fingerprint density at radius 3 is 2.84 bits per heavy atom. The quantitative estimate of drug-likeness (QED) is 0.822. The second-order valence-electron chi connectivity index (χ2n) is 6.31. The first kappa shape index (κ1) is 12.9. The molecule has 1 heterocycles. The highest BCUT2D eigenvalue weighted by Gasteiger charge is 2.20. The van der Waals surface area contributed by atoms with Crippen LogP contribution < -0.4 is 5.32 Å². The lowest BCUT2D eigenvalue weighted by Crippen LogP contribution is -2.22. The minimum atomic E-state index is 0.617.